The molecule has 2 atom stereocenters. The summed E-state index contributed by atoms with van der Waals surface area (Å²) in [5.74, 6) is -0.261. The van der Waals surface area contributed by atoms with E-state index in [1.165, 1.54) is 14.2 Å². The second-order valence-electron chi connectivity index (χ2n) is 8.92. The number of methoxy groups -OCH3 is 3. The molecular weight excluding hydrogens is 444 g/mol. The zero-order chi connectivity index (χ0) is 24.7. The minimum Gasteiger partial charge on any atom is -0.496 e. The third kappa shape index (κ3) is 3.23. The van der Waals surface area contributed by atoms with Crippen LogP contribution in [0.15, 0.2) is 82.6 Å². The van der Waals surface area contributed by atoms with Gasteiger partial charge in [-0.05, 0) is 31.8 Å². The van der Waals surface area contributed by atoms with Crippen molar-refractivity contribution in [3.05, 3.63) is 99.3 Å². The number of benzene rings is 2. The second kappa shape index (κ2) is 8.77. The van der Waals surface area contributed by atoms with Crippen LogP contribution in [-0.4, -0.2) is 33.3 Å². The van der Waals surface area contributed by atoms with Crippen molar-refractivity contribution in [1.29, 1.82) is 0 Å². The van der Waals surface area contributed by atoms with Crippen molar-refractivity contribution >= 4 is 17.7 Å². The first-order valence-electron chi connectivity index (χ1n) is 11.7. The molecule has 1 fully saturated rings. The highest BCUT2D eigenvalue weighted by atomic mass is 16.5. The number of carbonyl (C=O) groups is 2. The van der Waals surface area contributed by atoms with E-state index < -0.39 is 17.5 Å². The van der Waals surface area contributed by atoms with Gasteiger partial charge in [-0.15, -0.1) is 0 Å². The minimum absolute atomic E-state index is 0.148. The predicted octanol–water partition coefficient (Wildman–Crippen LogP) is 5.05. The van der Waals surface area contributed by atoms with Gasteiger partial charge in [-0.1, -0.05) is 54.6 Å². The number of allylic oxidation sites excluding steroid dienone is 2. The van der Waals surface area contributed by atoms with Gasteiger partial charge in [0.05, 0.1) is 26.9 Å². The van der Waals surface area contributed by atoms with Gasteiger partial charge >= 0.3 is 11.9 Å². The summed E-state index contributed by atoms with van der Waals surface area (Å²) in [6, 6.07) is 17.3. The Morgan fingerprint density at radius 3 is 2.31 bits per heavy atom. The molecule has 0 unspecified atom stereocenters. The molecule has 2 aromatic carbocycles. The summed E-state index contributed by atoms with van der Waals surface area (Å²) in [7, 11) is 4.29. The van der Waals surface area contributed by atoms with Gasteiger partial charge < -0.3 is 18.9 Å². The molecule has 5 rings (SSSR count). The Bertz CT molecular complexity index is 1300. The van der Waals surface area contributed by atoms with Crippen LogP contribution in [0.25, 0.3) is 5.76 Å². The first-order chi connectivity index (χ1) is 17.0. The van der Waals surface area contributed by atoms with Crippen LogP contribution in [0.5, 0.6) is 0 Å². The Morgan fingerprint density at radius 2 is 1.63 bits per heavy atom. The van der Waals surface area contributed by atoms with Crippen LogP contribution in [0.4, 0.5) is 0 Å². The van der Waals surface area contributed by atoms with Crippen molar-refractivity contribution in [1.82, 2.24) is 0 Å². The fraction of sp³-hybridized carbons (Fsp3) is 0.310. The molecule has 6 heteroatoms. The third-order valence-electron chi connectivity index (χ3n) is 7.29. The van der Waals surface area contributed by atoms with Gasteiger partial charge in [0, 0.05) is 28.2 Å². The molecule has 1 saturated carbocycles. The molecule has 2 heterocycles. The molecule has 35 heavy (non-hydrogen) atoms. The number of esters is 2. The van der Waals surface area contributed by atoms with Gasteiger partial charge in [-0.25, -0.2) is 9.59 Å². The van der Waals surface area contributed by atoms with Crippen LogP contribution in [0.2, 0.25) is 0 Å². The zero-order valence-electron chi connectivity index (χ0n) is 20.3. The first-order valence-corrected chi connectivity index (χ1v) is 11.7. The highest BCUT2D eigenvalue weighted by molar-refractivity contribution is 6.04. The van der Waals surface area contributed by atoms with Crippen LogP contribution in [0, 0.1) is 5.92 Å². The maximum Gasteiger partial charge on any atom is 0.339 e. The second-order valence-corrected chi connectivity index (χ2v) is 8.92. The van der Waals surface area contributed by atoms with Crippen LogP contribution < -0.4 is 0 Å². The van der Waals surface area contributed by atoms with E-state index in [2.05, 4.69) is 0 Å². The third-order valence-corrected chi connectivity index (χ3v) is 7.29. The molecule has 2 bridgehead atoms. The maximum absolute atomic E-state index is 13.7. The number of hydrogen-bond donors (Lipinski definition) is 0. The van der Waals surface area contributed by atoms with E-state index in [9.17, 15) is 9.59 Å². The Morgan fingerprint density at radius 1 is 0.943 bits per heavy atom. The summed E-state index contributed by atoms with van der Waals surface area (Å²) in [6.45, 7) is 1.97. The lowest BCUT2D eigenvalue weighted by molar-refractivity contribution is -0.141. The molecule has 180 valence electrons. The highest BCUT2D eigenvalue weighted by Crippen LogP contribution is 2.57. The Balaban J connectivity index is 2.04. The largest absolute Gasteiger partial charge is 0.496 e. The molecule has 0 aromatic heterocycles. The standard InChI is InChI=1S/C29H28O6/c1-17-25(32-2)20-15-10-14-19(20)23(27(30)33-3)24(28(31)34-4)29(18-11-6-5-7-12-18)22-16-9-8-13-21(22)26(17)35-29/h5-9,11-13,16,19H,10,14-15H2,1-4H3/b24-23+,25-20+,26-17-/t19-,29-/m0/s1. The summed E-state index contributed by atoms with van der Waals surface area (Å²) in [4.78, 5) is 27.3. The van der Waals surface area contributed by atoms with Gasteiger partial charge in [0.2, 0.25) is 0 Å². The first kappa shape index (κ1) is 23.0. The fourth-order valence-electron chi connectivity index (χ4n) is 5.88. The zero-order valence-corrected chi connectivity index (χ0v) is 20.3. The van der Waals surface area contributed by atoms with E-state index in [1.54, 1.807) is 7.11 Å². The van der Waals surface area contributed by atoms with Crippen molar-refractivity contribution < 1.29 is 28.5 Å². The van der Waals surface area contributed by atoms with Gasteiger partial charge in [0.25, 0.3) is 0 Å². The lowest BCUT2D eigenvalue weighted by atomic mass is 9.74. The SMILES string of the molecule is COC(=O)/C1=C(\C(=O)OC)[C@@]2(c3ccccc3)O/C(=C(C)\C(OC)=C3\CCC[C@H]13)c1ccccc12. The van der Waals surface area contributed by atoms with Crippen LogP contribution in [0.1, 0.15) is 42.9 Å². The smallest absolute Gasteiger partial charge is 0.339 e. The van der Waals surface area contributed by atoms with E-state index >= 15 is 0 Å². The van der Waals surface area contributed by atoms with E-state index in [0.29, 0.717) is 17.9 Å². The van der Waals surface area contributed by atoms with Crippen molar-refractivity contribution in [2.45, 2.75) is 31.8 Å². The molecule has 2 aliphatic heterocycles. The van der Waals surface area contributed by atoms with Gasteiger partial charge in [0.1, 0.15) is 17.1 Å². The Kier molecular flexibility index (Phi) is 5.75. The molecule has 0 amide bonds. The average Bonchev–Trinajstić information content (AvgIpc) is 3.51. The fourth-order valence-corrected chi connectivity index (χ4v) is 5.88. The minimum atomic E-state index is -1.40. The van der Waals surface area contributed by atoms with Crippen LogP contribution >= 0.6 is 0 Å². The van der Waals surface area contributed by atoms with Crippen LogP contribution in [-0.2, 0) is 34.1 Å². The number of hydrogen-bond acceptors (Lipinski definition) is 6. The maximum atomic E-state index is 13.7. The van der Waals surface area contributed by atoms with E-state index in [-0.39, 0.29) is 17.1 Å². The summed E-state index contributed by atoms with van der Waals surface area (Å²) in [6.07, 6.45) is 2.28. The molecular formula is C29H28O6. The van der Waals surface area contributed by atoms with Gasteiger partial charge in [0.15, 0.2) is 5.60 Å². The monoisotopic (exact) mass is 472 g/mol. The molecule has 0 N–H and O–H groups in total. The van der Waals surface area contributed by atoms with Gasteiger partial charge in [-0.3, -0.25) is 0 Å². The average molecular weight is 473 g/mol. The lowest BCUT2D eigenvalue weighted by Crippen LogP contribution is -2.37. The molecule has 0 saturated heterocycles. The lowest BCUT2D eigenvalue weighted by Gasteiger charge is -2.34. The van der Waals surface area contributed by atoms with Crippen molar-refractivity contribution in [2.24, 2.45) is 5.92 Å². The molecule has 6 nitrogen and oxygen atoms in total. The summed E-state index contributed by atoms with van der Waals surface area (Å²) in [5, 5.41) is 0. The Hall–Kier alpha value is -3.80. The van der Waals surface area contributed by atoms with Crippen molar-refractivity contribution in [3.8, 4) is 0 Å². The quantitative estimate of drug-likeness (QED) is 0.580. The summed E-state index contributed by atoms with van der Waals surface area (Å²) < 4.78 is 23.5. The van der Waals surface area contributed by atoms with E-state index in [0.717, 1.165) is 40.7 Å². The number of ether oxygens (including phenoxy) is 4. The summed E-state index contributed by atoms with van der Waals surface area (Å²) >= 11 is 0. The van der Waals surface area contributed by atoms with Gasteiger partial charge in [-0.2, -0.15) is 0 Å². The molecule has 1 aliphatic carbocycles. The number of carbonyl (C=O) groups excluding carboxylic acids is 2. The molecule has 0 spiro atoms. The van der Waals surface area contributed by atoms with Crippen LogP contribution in [0.3, 0.4) is 0 Å². The molecule has 2 aromatic rings. The van der Waals surface area contributed by atoms with Crippen molar-refractivity contribution in [3.63, 3.8) is 0 Å². The molecule has 3 aliphatic rings. The normalized spacial score (nSPS) is 29.2. The number of fused-ring (bicyclic) bond motifs is 6. The molecule has 0 radical (unpaired) electrons. The topological polar surface area (TPSA) is 71.1 Å². The van der Waals surface area contributed by atoms with E-state index in [1.807, 2.05) is 61.5 Å². The highest BCUT2D eigenvalue weighted by Gasteiger charge is 2.55. The van der Waals surface area contributed by atoms with E-state index in [4.69, 9.17) is 18.9 Å². The predicted molar refractivity (Wildman–Crippen MR) is 130 cm³/mol. The Labute approximate surface area is 204 Å². The van der Waals surface area contributed by atoms with Crippen molar-refractivity contribution in [2.75, 3.05) is 21.3 Å². The number of rotatable bonds is 4. The summed E-state index contributed by atoms with van der Waals surface area (Å²) in [5.41, 5.74) is 3.13.